The first-order chi connectivity index (χ1) is 12.0. The highest BCUT2D eigenvalue weighted by Crippen LogP contribution is 2.32. The lowest BCUT2D eigenvalue weighted by atomic mass is 9.92. The van der Waals surface area contributed by atoms with E-state index in [-0.39, 0.29) is 5.91 Å². The van der Waals surface area contributed by atoms with E-state index >= 15 is 0 Å². The summed E-state index contributed by atoms with van der Waals surface area (Å²) in [5.74, 6) is 0.498. The van der Waals surface area contributed by atoms with E-state index in [9.17, 15) is 4.79 Å². The number of pyridine rings is 1. The van der Waals surface area contributed by atoms with E-state index < -0.39 is 0 Å². The number of benzene rings is 2. The molecular formula is C22H24N2O. The Labute approximate surface area is 149 Å². The van der Waals surface area contributed by atoms with Crippen LogP contribution in [0, 0.1) is 0 Å². The molecule has 0 radical (unpaired) electrons. The monoisotopic (exact) mass is 332 g/mol. The van der Waals surface area contributed by atoms with Crippen molar-refractivity contribution in [2.45, 2.75) is 39.5 Å². The number of para-hydroxylation sites is 2. The summed E-state index contributed by atoms with van der Waals surface area (Å²) in [5, 5.41) is 4.15. The molecule has 0 bridgehead atoms. The molecule has 0 saturated carbocycles. The second-order valence-electron chi connectivity index (χ2n) is 6.96. The van der Waals surface area contributed by atoms with Gasteiger partial charge in [0.1, 0.15) is 5.69 Å². The molecule has 3 nitrogen and oxygen atoms in total. The molecule has 0 aliphatic carbocycles. The zero-order valence-electron chi connectivity index (χ0n) is 15.2. The van der Waals surface area contributed by atoms with Gasteiger partial charge in [-0.2, -0.15) is 0 Å². The Morgan fingerprint density at radius 1 is 0.840 bits per heavy atom. The Morgan fingerprint density at radius 3 is 2.12 bits per heavy atom. The maximum absolute atomic E-state index is 12.8. The number of aromatic nitrogens is 1. The van der Waals surface area contributed by atoms with E-state index in [0.717, 1.165) is 27.7 Å². The topological polar surface area (TPSA) is 42.0 Å². The Kier molecular flexibility index (Phi) is 4.84. The van der Waals surface area contributed by atoms with Gasteiger partial charge >= 0.3 is 0 Å². The van der Waals surface area contributed by atoms with Gasteiger partial charge in [-0.05, 0) is 35.1 Å². The van der Waals surface area contributed by atoms with Crippen LogP contribution in [0.25, 0.3) is 10.9 Å². The maximum atomic E-state index is 12.8. The van der Waals surface area contributed by atoms with Crippen LogP contribution in [0.15, 0.2) is 54.6 Å². The smallest absolute Gasteiger partial charge is 0.274 e. The van der Waals surface area contributed by atoms with Crippen LogP contribution >= 0.6 is 0 Å². The van der Waals surface area contributed by atoms with Crippen LogP contribution in [-0.2, 0) is 0 Å². The minimum Gasteiger partial charge on any atom is -0.320 e. The number of amides is 1. The normalized spacial score (nSPS) is 11.3. The molecule has 128 valence electrons. The molecule has 2 aromatic carbocycles. The number of nitrogens with zero attached hydrogens (tertiary/aromatic N) is 1. The van der Waals surface area contributed by atoms with Crippen molar-refractivity contribution >= 4 is 22.5 Å². The van der Waals surface area contributed by atoms with Crippen LogP contribution in [0.5, 0.6) is 0 Å². The first-order valence-corrected chi connectivity index (χ1v) is 8.77. The molecule has 0 spiro atoms. The van der Waals surface area contributed by atoms with E-state index in [1.807, 2.05) is 30.3 Å². The van der Waals surface area contributed by atoms with Crippen molar-refractivity contribution in [3.63, 3.8) is 0 Å². The minimum atomic E-state index is -0.166. The summed E-state index contributed by atoms with van der Waals surface area (Å²) in [6.45, 7) is 8.57. The van der Waals surface area contributed by atoms with E-state index in [0.29, 0.717) is 17.5 Å². The molecule has 0 aliphatic heterocycles. The molecule has 1 aromatic heterocycles. The van der Waals surface area contributed by atoms with Gasteiger partial charge in [0.15, 0.2) is 0 Å². The zero-order chi connectivity index (χ0) is 18.0. The minimum absolute atomic E-state index is 0.166. The number of hydrogen-bond acceptors (Lipinski definition) is 2. The molecule has 3 rings (SSSR count). The van der Waals surface area contributed by atoms with Crippen LogP contribution in [-0.4, -0.2) is 10.9 Å². The highest BCUT2D eigenvalue weighted by molar-refractivity contribution is 6.05. The summed E-state index contributed by atoms with van der Waals surface area (Å²) in [6.07, 6.45) is 0. The second kappa shape index (κ2) is 7.06. The maximum Gasteiger partial charge on any atom is 0.274 e. The fourth-order valence-electron chi connectivity index (χ4n) is 3.07. The average Bonchev–Trinajstić information content (AvgIpc) is 2.61. The summed E-state index contributed by atoms with van der Waals surface area (Å²) in [7, 11) is 0. The van der Waals surface area contributed by atoms with Crippen LogP contribution in [0.2, 0.25) is 0 Å². The van der Waals surface area contributed by atoms with Crippen molar-refractivity contribution in [1.29, 1.82) is 0 Å². The zero-order valence-corrected chi connectivity index (χ0v) is 15.2. The third-order valence-corrected chi connectivity index (χ3v) is 4.44. The van der Waals surface area contributed by atoms with Crippen LogP contribution < -0.4 is 5.32 Å². The average molecular weight is 332 g/mol. The van der Waals surface area contributed by atoms with E-state index in [1.165, 1.54) is 0 Å². The molecule has 1 N–H and O–H groups in total. The molecular weight excluding hydrogens is 308 g/mol. The van der Waals surface area contributed by atoms with Crippen molar-refractivity contribution in [1.82, 2.24) is 4.98 Å². The van der Waals surface area contributed by atoms with Gasteiger partial charge < -0.3 is 5.32 Å². The Balaban J connectivity index is 1.99. The Hall–Kier alpha value is -2.68. The fraction of sp³-hybridized carbons (Fsp3) is 0.273. The van der Waals surface area contributed by atoms with Crippen molar-refractivity contribution in [2.24, 2.45) is 0 Å². The first-order valence-electron chi connectivity index (χ1n) is 8.77. The Bertz CT molecular complexity index is 887. The summed E-state index contributed by atoms with van der Waals surface area (Å²) in [4.78, 5) is 17.3. The second-order valence-corrected chi connectivity index (χ2v) is 6.96. The number of anilines is 1. The van der Waals surface area contributed by atoms with Gasteiger partial charge in [0.05, 0.1) is 5.52 Å². The molecule has 1 heterocycles. The summed E-state index contributed by atoms with van der Waals surface area (Å²) in [6, 6.07) is 17.8. The van der Waals surface area contributed by atoms with Crippen molar-refractivity contribution in [3.05, 3.63) is 71.4 Å². The van der Waals surface area contributed by atoms with E-state index in [1.54, 1.807) is 6.07 Å². The summed E-state index contributed by atoms with van der Waals surface area (Å²) >= 11 is 0. The van der Waals surface area contributed by atoms with Crippen LogP contribution in [0.3, 0.4) is 0 Å². The van der Waals surface area contributed by atoms with Gasteiger partial charge in [-0.3, -0.25) is 4.79 Å². The predicted octanol–water partition coefficient (Wildman–Crippen LogP) is 5.73. The van der Waals surface area contributed by atoms with Gasteiger partial charge in [0.2, 0.25) is 0 Å². The molecule has 25 heavy (non-hydrogen) atoms. The molecule has 0 saturated heterocycles. The van der Waals surface area contributed by atoms with Crippen LogP contribution in [0.4, 0.5) is 5.69 Å². The number of carbonyl (C=O) groups is 1. The molecule has 0 unspecified atom stereocenters. The molecule has 0 fully saturated rings. The summed E-state index contributed by atoms with van der Waals surface area (Å²) < 4.78 is 0. The Morgan fingerprint density at radius 2 is 1.48 bits per heavy atom. The van der Waals surface area contributed by atoms with Crippen LogP contribution in [0.1, 0.15) is 61.1 Å². The predicted molar refractivity (Wildman–Crippen MR) is 104 cm³/mol. The number of hydrogen-bond donors (Lipinski definition) is 1. The van der Waals surface area contributed by atoms with Crippen molar-refractivity contribution in [2.75, 3.05) is 5.32 Å². The van der Waals surface area contributed by atoms with E-state index in [2.05, 4.69) is 56.2 Å². The number of fused-ring (bicyclic) bond motifs is 1. The molecule has 1 amide bonds. The quantitative estimate of drug-likeness (QED) is 0.662. The first kappa shape index (κ1) is 17.2. The van der Waals surface area contributed by atoms with Gasteiger partial charge in [0, 0.05) is 11.1 Å². The van der Waals surface area contributed by atoms with E-state index in [4.69, 9.17) is 0 Å². The van der Waals surface area contributed by atoms with Gasteiger partial charge in [-0.25, -0.2) is 4.98 Å². The van der Waals surface area contributed by atoms with Crippen molar-refractivity contribution < 1.29 is 4.79 Å². The molecule has 3 aromatic rings. The summed E-state index contributed by atoms with van der Waals surface area (Å²) in [5.41, 5.74) is 4.50. The van der Waals surface area contributed by atoms with Gasteiger partial charge in [-0.1, -0.05) is 70.2 Å². The number of rotatable bonds is 4. The molecule has 3 heteroatoms. The number of carbonyl (C=O) groups excluding carboxylic acids is 1. The third-order valence-electron chi connectivity index (χ3n) is 4.44. The highest BCUT2D eigenvalue weighted by Gasteiger charge is 2.17. The van der Waals surface area contributed by atoms with Gasteiger partial charge in [-0.15, -0.1) is 0 Å². The SMILES string of the molecule is CC(C)c1cccc(C(C)C)c1NC(=O)c1ccc2ccccc2n1. The number of nitrogens with one attached hydrogen (secondary N) is 1. The third kappa shape index (κ3) is 3.55. The van der Waals surface area contributed by atoms with Gasteiger partial charge in [0.25, 0.3) is 5.91 Å². The lowest BCUT2D eigenvalue weighted by Gasteiger charge is -2.20. The highest BCUT2D eigenvalue weighted by atomic mass is 16.1. The fourth-order valence-corrected chi connectivity index (χ4v) is 3.07. The standard InChI is InChI=1S/C22H24N2O/c1-14(2)17-9-7-10-18(15(3)4)21(17)24-22(25)20-13-12-16-8-5-6-11-19(16)23-20/h5-15H,1-4H3,(H,24,25). The lowest BCUT2D eigenvalue weighted by Crippen LogP contribution is -2.17. The molecule has 0 aliphatic rings. The lowest BCUT2D eigenvalue weighted by molar-refractivity contribution is 0.102. The largest absolute Gasteiger partial charge is 0.320 e. The van der Waals surface area contributed by atoms with Crippen molar-refractivity contribution in [3.8, 4) is 0 Å². The molecule has 0 atom stereocenters.